The number of likely N-dealkylation sites (tertiary alicyclic amines) is 2. The van der Waals surface area contributed by atoms with Crippen molar-refractivity contribution in [1.29, 1.82) is 0 Å². The normalized spacial score (nSPS) is 22.1. The van der Waals surface area contributed by atoms with Crippen molar-refractivity contribution in [3.05, 3.63) is 65.5 Å². The maximum Gasteiger partial charge on any atom is 0.338 e. The van der Waals surface area contributed by atoms with E-state index in [-0.39, 0.29) is 23.9 Å². The van der Waals surface area contributed by atoms with Gasteiger partial charge in [-0.1, -0.05) is 32.0 Å². The van der Waals surface area contributed by atoms with E-state index in [1.165, 1.54) is 13.5 Å². The minimum absolute atomic E-state index is 0.0612. The molecule has 3 aliphatic heterocycles. The molecule has 2 aromatic heterocycles. The largest absolute Gasteiger partial charge is 0.465 e. The number of imidazole rings is 1. The molecular formula is C42H51N7O4. The summed E-state index contributed by atoms with van der Waals surface area (Å²) in [5.41, 5.74) is 7.06. The van der Waals surface area contributed by atoms with Crippen LogP contribution in [0.2, 0.25) is 0 Å². The Labute approximate surface area is 311 Å². The lowest BCUT2D eigenvalue weighted by atomic mass is 9.73. The number of hydrogen-bond acceptors (Lipinski definition) is 8. The van der Waals surface area contributed by atoms with Crippen molar-refractivity contribution in [2.75, 3.05) is 43.5 Å². The molecule has 0 unspecified atom stereocenters. The molecule has 2 amide bonds. The lowest BCUT2D eigenvalue weighted by Gasteiger charge is -2.46. The number of hydrogen-bond donors (Lipinski definition) is 1. The number of ether oxygens (including phenoxy) is 1. The highest BCUT2D eigenvalue weighted by Crippen LogP contribution is 2.52. The molecule has 4 aromatic rings. The van der Waals surface area contributed by atoms with E-state index in [4.69, 9.17) is 14.7 Å². The number of carbonyl (C=O) groups excluding carboxylic acids is 3. The topological polar surface area (TPSA) is 113 Å². The molecule has 8 rings (SSSR count). The average Bonchev–Trinajstić information content (AvgIpc) is 3.77. The van der Waals surface area contributed by atoms with E-state index < -0.39 is 11.4 Å². The predicted molar refractivity (Wildman–Crippen MR) is 207 cm³/mol. The Balaban J connectivity index is 1.18. The first-order valence-electron chi connectivity index (χ1n) is 19.1. The Kier molecular flexibility index (Phi) is 8.63. The highest BCUT2D eigenvalue weighted by molar-refractivity contribution is 6.09. The minimum Gasteiger partial charge on any atom is -0.465 e. The Morgan fingerprint density at radius 3 is 2.40 bits per heavy atom. The number of pyridine rings is 1. The van der Waals surface area contributed by atoms with Crippen LogP contribution in [0, 0.1) is 12.3 Å². The first-order valence-corrected chi connectivity index (χ1v) is 19.1. The zero-order valence-corrected chi connectivity index (χ0v) is 32.0. The maximum absolute atomic E-state index is 14.8. The van der Waals surface area contributed by atoms with Crippen LogP contribution in [0.4, 0.5) is 17.2 Å². The Hall–Kier alpha value is -4.77. The number of methoxy groups -OCH3 is 1. The monoisotopic (exact) mass is 717 g/mol. The van der Waals surface area contributed by atoms with Gasteiger partial charge >= 0.3 is 5.97 Å². The first kappa shape index (κ1) is 35.3. The van der Waals surface area contributed by atoms with Crippen molar-refractivity contribution in [3.8, 4) is 11.3 Å². The average molecular weight is 718 g/mol. The van der Waals surface area contributed by atoms with E-state index in [1.807, 2.05) is 36.4 Å². The molecule has 11 heteroatoms. The lowest BCUT2D eigenvalue weighted by molar-refractivity contribution is -0.134. The zero-order chi connectivity index (χ0) is 37.4. The van der Waals surface area contributed by atoms with Gasteiger partial charge in [-0.05, 0) is 100 Å². The van der Waals surface area contributed by atoms with Crippen molar-refractivity contribution >= 4 is 46.0 Å². The third kappa shape index (κ3) is 5.97. The highest BCUT2D eigenvalue weighted by atomic mass is 16.5. The highest BCUT2D eigenvalue weighted by Gasteiger charge is 2.56. The molecule has 1 aliphatic carbocycles. The number of carbonyl (C=O) groups is 3. The summed E-state index contributed by atoms with van der Waals surface area (Å²) in [4.78, 5) is 56.3. The number of benzene rings is 2. The number of nitrogens with one attached hydrogen (secondary N) is 1. The number of aryl methyl sites for hydroxylation is 1. The number of amides is 2. The third-order valence-electron chi connectivity index (χ3n) is 12.4. The number of rotatable bonds is 7. The SMILES string of the molecule is COC(=O)c1cc(Nc2nc(-c3ccc4c(c3)N([C@H]3C[C@@H](N5CCC(C)(C)C5)C3)C(=O)C43CCN(C(C)=O)CC3)cc3ncn(C(C)C)c23)ccc1C. The van der Waals surface area contributed by atoms with Crippen LogP contribution in [0.1, 0.15) is 94.2 Å². The van der Waals surface area contributed by atoms with E-state index in [1.54, 1.807) is 13.0 Å². The van der Waals surface area contributed by atoms with Crippen LogP contribution in [-0.2, 0) is 19.7 Å². The minimum atomic E-state index is -0.635. The fourth-order valence-electron chi connectivity index (χ4n) is 9.19. The van der Waals surface area contributed by atoms with Crippen molar-refractivity contribution in [3.63, 3.8) is 0 Å². The first-order chi connectivity index (χ1) is 25.3. The molecular weight excluding hydrogens is 667 g/mol. The van der Waals surface area contributed by atoms with Gasteiger partial charge < -0.3 is 24.4 Å². The van der Waals surface area contributed by atoms with E-state index in [2.05, 4.69) is 65.6 Å². The van der Waals surface area contributed by atoms with Crippen molar-refractivity contribution in [2.24, 2.45) is 5.41 Å². The van der Waals surface area contributed by atoms with Crippen LogP contribution in [0.25, 0.3) is 22.3 Å². The van der Waals surface area contributed by atoms with Crippen LogP contribution in [-0.4, -0.2) is 87.5 Å². The third-order valence-corrected chi connectivity index (χ3v) is 12.4. The number of anilines is 3. The predicted octanol–water partition coefficient (Wildman–Crippen LogP) is 7.01. The summed E-state index contributed by atoms with van der Waals surface area (Å²) in [5, 5.41) is 3.51. The molecule has 5 heterocycles. The fraction of sp³-hybridized carbons (Fsp3) is 0.500. The van der Waals surface area contributed by atoms with Gasteiger partial charge in [0.05, 0.1) is 35.6 Å². The second-order valence-electron chi connectivity index (χ2n) is 16.8. The number of nitrogens with zero attached hydrogens (tertiary/aromatic N) is 6. The number of piperidine rings is 1. The number of fused-ring (bicyclic) bond motifs is 3. The van der Waals surface area contributed by atoms with Gasteiger partial charge in [0.15, 0.2) is 5.82 Å². The van der Waals surface area contributed by atoms with Crippen molar-refractivity contribution in [2.45, 2.75) is 97.2 Å². The molecule has 1 spiro atoms. The van der Waals surface area contributed by atoms with Crippen LogP contribution in [0.15, 0.2) is 48.8 Å². The van der Waals surface area contributed by atoms with E-state index in [0.29, 0.717) is 54.5 Å². The molecule has 0 atom stereocenters. The molecule has 1 N–H and O–H groups in total. The summed E-state index contributed by atoms with van der Waals surface area (Å²) in [7, 11) is 1.39. The summed E-state index contributed by atoms with van der Waals surface area (Å²) in [6.45, 7) is 15.8. The van der Waals surface area contributed by atoms with Crippen LogP contribution in [0.5, 0.6) is 0 Å². The van der Waals surface area contributed by atoms with Crippen LogP contribution >= 0.6 is 0 Å². The summed E-state index contributed by atoms with van der Waals surface area (Å²) in [5.74, 6) is 0.473. The summed E-state index contributed by atoms with van der Waals surface area (Å²) in [6.07, 6.45) is 6.24. The van der Waals surface area contributed by atoms with Crippen LogP contribution < -0.4 is 10.2 Å². The molecule has 53 heavy (non-hydrogen) atoms. The van der Waals surface area contributed by atoms with Gasteiger partial charge in [-0.2, -0.15) is 0 Å². The molecule has 3 fully saturated rings. The smallest absolute Gasteiger partial charge is 0.338 e. The summed E-state index contributed by atoms with van der Waals surface area (Å²) in [6, 6.07) is 14.8. The molecule has 0 radical (unpaired) electrons. The number of esters is 1. The van der Waals surface area contributed by atoms with Gasteiger partial charge in [-0.25, -0.2) is 14.8 Å². The molecule has 278 valence electrons. The summed E-state index contributed by atoms with van der Waals surface area (Å²) < 4.78 is 7.14. The lowest BCUT2D eigenvalue weighted by Crippen LogP contribution is -2.57. The molecule has 2 saturated heterocycles. The second-order valence-corrected chi connectivity index (χ2v) is 16.8. The van der Waals surface area contributed by atoms with Crippen molar-refractivity contribution in [1.82, 2.24) is 24.3 Å². The van der Waals surface area contributed by atoms with Gasteiger partial charge in [-0.3, -0.25) is 14.5 Å². The van der Waals surface area contributed by atoms with Gasteiger partial charge in [0.25, 0.3) is 0 Å². The second kappa shape index (κ2) is 13.0. The van der Waals surface area contributed by atoms with E-state index >= 15 is 0 Å². The molecule has 11 nitrogen and oxygen atoms in total. The maximum atomic E-state index is 14.8. The van der Waals surface area contributed by atoms with Gasteiger partial charge in [0, 0.05) is 61.6 Å². The Bertz CT molecular complexity index is 2120. The van der Waals surface area contributed by atoms with E-state index in [0.717, 1.165) is 65.0 Å². The van der Waals surface area contributed by atoms with Gasteiger partial charge in [-0.15, -0.1) is 0 Å². The molecule has 0 bridgehead atoms. The van der Waals surface area contributed by atoms with Crippen molar-refractivity contribution < 1.29 is 19.1 Å². The molecule has 4 aliphatic rings. The van der Waals surface area contributed by atoms with Gasteiger partial charge in [0.2, 0.25) is 11.8 Å². The zero-order valence-electron chi connectivity index (χ0n) is 32.0. The van der Waals surface area contributed by atoms with Gasteiger partial charge in [0.1, 0.15) is 5.52 Å². The Morgan fingerprint density at radius 2 is 1.74 bits per heavy atom. The quantitative estimate of drug-likeness (QED) is 0.203. The fourth-order valence-corrected chi connectivity index (χ4v) is 9.19. The molecule has 2 aromatic carbocycles. The van der Waals surface area contributed by atoms with Crippen LogP contribution in [0.3, 0.4) is 0 Å². The molecule has 1 saturated carbocycles. The number of aromatic nitrogens is 3. The summed E-state index contributed by atoms with van der Waals surface area (Å²) >= 11 is 0. The standard InChI is InChI=1S/C42H51N7O4/c1-25(2)48-24-43-35-22-34(45-38(37(35)48)44-29-10-8-26(3)32(19-29)39(51)53-7)28-9-11-33-36(18-28)49(31-20-30(21-31)47-15-12-41(5,6)23-47)40(52)42(33)13-16-46(17-14-42)27(4)50/h8-11,18-19,22,24-25,30-31H,12-17,20-21,23H2,1-7H3,(H,44,45)/t30-,31+. The Morgan fingerprint density at radius 1 is 0.981 bits per heavy atom. The van der Waals surface area contributed by atoms with E-state index in [9.17, 15) is 14.4 Å².